The molecule has 0 heterocycles. The quantitative estimate of drug-likeness (QED) is 0.592. The van der Waals surface area contributed by atoms with Gasteiger partial charge in [0.2, 0.25) is 0 Å². The first kappa shape index (κ1) is 18.7. The largest absolute Gasteiger partial charge is 0.411 e. The predicted octanol–water partition coefficient (Wildman–Crippen LogP) is 3.00. The standard InChI is InChI=1S/C13H26F3NO2/c1-4-12(5-2,10-17-7-9-18-3)6-8-19-11-13(14,15)16/h17H,4-11H2,1-3H3. The van der Waals surface area contributed by atoms with Crippen LogP contribution in [0, 0.1) is 5.41 Å². The third-order valence-electron chi connectivity index (χ3n) is 3.53. The van der Waals surface area contributed by atoms with Gasteiger partial charge in [-0.1, -0.05) is 13.8 Å². The van der Waals surface area contributed by atoms with E-state index in [1.807, 2.05) is 0 Å². The number of nitrogens with one attached hydrogen (secondary N) is 1. The molecule has 0 unspecified atom stereocenters. The molecule has 19 heavy (non-hydrogen) atoms. The van der Waals surface area contributed by atoms with Crippen LogP contribution in [0.25, 0.3) is 0 Å². The molecule has 0 rings (SSSR count). The fourth-order valence-electron chi connectivity index (χ4n) is 1.95. The molecule has 0 spiro atoms. The molecule has 3 nitrogen and oxygen atoms in total. The van der Waals surface area contributed by atoms with Gasteiger partial charge >= 0.3 is 6.18 Å². The van der Waals surface area contributed by atoms with E-state index in [1.165, 1.54) is 0 Å². The maximum absolute atomic E-state index is 12.0. The van der Waals surface area contributed by atoms with E-state index in [4.69, 9.17) is 9.47 Å². The first-order valence-electron chi connectivity index (χ1n) is 6.73. The Morgan fingerprint density at radius 2 is 1.68 bits per heavy atom. The van der Waals surface area contributed by atoms with Crippen LogP contribution in [0.5, 0.6) is 0 Å². The highest BCUT2D eigenvalue weighted by molar-refractivity contribution is 4.79. The van der Waals surface area contributed by atoms with Crippen LogP contribution >= 0.6 is 0 Å². The van der Waals surface area contributed by atoms with Crippen molar-refractivity contribution in [2.24, 2.45) is 5.41 Å². The lowest BCUT2D eigenvalue weighted by Crippen LogP contribution is -2.36. The van der Waals surface area contributed by atoms with E-state index in [-0.39, 0.29) is 12.0 Å². The Hall–Kier alpha value is -0.330. The summed E-state index contributed by atoms with van der Waals surface area (Å²) in [6.07, 6.45) is -1.77. The number of alkyl halides is 3. The molecule has 0 bridgehead atoms. The van der Waals surface area contributed by atoms with Gasteiger partial charge in [0.25, 0.3) is 0 Å². The van der Waals surface area contributed by atoms with Crippen LogP contribution in [0.4, 0.5) is 13.2 Å². The lowest BCUT2D eigenvalue weighted by atomic mass is 9.79. The molecule has 0 saturated carbocycles. The van der Waals surface area contributed by atoms with E-state index in [1.54, 1.807) is 7.11 Å². The second-order valence-electron chi connectivity index (χ2n) is 4.79. The Bertz CT molecular complexity index is 218. The molecular formula is C13H26F3NO2. The average Bonchev–Trinajstić information content (AvgIpc) is 2.36. The number of hydrogen-bond donors (Lipinski definition) is 1. The first-order valence-corrected chi connectivity index (χ1v) is 6.73. The van der Waals surface area contributed by atoms with Gasteiger partial charge in [0.1, 0.15) is 6.61 Å². The summed E-state index contributed by atoms with van der Waals surface area (Å²) in [4.78, 5) is 0. The van der Waals surface area contributed by atoms with Crippen LogP contribution in [-0.4, -0.2) is 46.2 Å². The molecule has 0 fully saturated rings. The Balaban J connectivity index is 4.01. The van der Waals surface area contributed by atoms with Gasteiger partial charge in [-0.15, -0.1) is 0 Å². The lowest BCUT2D eigenvalue weighted by molar-refractivity contribution is -0.175. The van der Waals surface area contributed by atoms with Crippen molar-refractivity contribution in [3.63, 3.8) is 0 Å². The summed E-state index contributed by atoms with van der Waals surface area (Å²) in [6, 6.07) is 0. The molecular weight excluding hydrogens is 259 g/mol. The maximum Gasteiger partial charge on any atom is 0.411 e. The van der Waals surface area contributed by atoms with Crippen LogP contribution < -0.4 is 5.32 Å². The highest BCUT2D eigenvalue weighted by Gasteiger charge is 2.29. The first-order chi connectivity index (χ1) is 8.89. The van der Waals surface area contributed by atoms with Crippen molar-refractivity contribution in [3.05, 3.63) is 0 Å². The van der Waals surface area contributed by atoms with Gasteiger partial charge in [-0.25, -0.2) is 0 Å². The minimum absolute atomic E-state index is 0.000655. The molecule has 0 atom stereocenters. The molecule has 0 aromatic carbocycles. The molecule has 0 aromatic rings. The number of hydrogen-bond acceptors (Lipinski definition) is 3. The van der Waals surface area contributed by atoms with Crippen molar-refractivity contribution >= 4 is 0 Å². The van der Waals surface area contributed by atoms with Crippen LogP contribution in [-0.2, 0) is 9.47 Å². The van der Waals surface area contributed by atoms with Gasteiger partial charge in [-0.05, 0) is 24.7 Å². The summed E-state index contributed by atoms with van der Waals surface area (Å²) in [5.74, 6) is 0. The Labute approximate surface area is 113 Å². The van der Waals surface area contributed by atoms with Gasteiger partial charge in [-0.3, -0.25) is 0 Å². The number of rotatable bonds is 11. The smallest absolute Gasteiger partial charge is 0.383 e. The molecule has 0 aliphatic rings. The van der Waals surface area contributed by atoms with Gasteiger partial charge in [0, 0.05) is 26.8 Å². The van der Waals surface area contributed by atoms with Crippen molar-refractivity contribution in [2.45, 2.75) is 39.3 Å². The topological polar surface area (TPSA) is 30.5 Å². The van der Waals surface area contributed by atoms with Crippen LogP contribution in [0.3, 0.4) is 0 Å². The summed E-state index contributed by atoms with van der Waals surface area (Å²) in [6.45, 7) is 5.27. The van der Waals surface area contributed by atoms with Crippen LogP contribution in [0.1, 0.15) is 33.1 Å². The molecule has 0 amide bonds. The predicted molar refractivity (Wildman–Crippen MR) is 69.3 cm³/mol. The summed E-state index contributed by atoms with van der Waals surface area (Å²) >= 11 is 0. The monoisotopic (exact) mass is 285 g/mol. The normalized spacial score (nSPS) is 12.9. The summed E-state index contributed by atoms with van der Waals surface area (Å²) in [5.41, 5.74) is -0.000655. The third kappa shape index (κ3) is 9.24. The zero-order chi connectivity index (χ0) is 14.8. The van der Waals surface area contributed by atoms with Crippen molar-refractivity contribution in [1.29, 1.82) is 0 Å². The fraction of sp³-hybridized carbons (Fsp3) is 1.00. The average molecular weight is 285 g/mol. The van der Waals surface area contributed by atoms with E-state index >= 15 is 0 Å². The van der Waals surface area contributed by atoms with Crippen molar-refractivity contribution in [1.82, 2.24) is 5.32 Å². The number of methoxy groups -OCH3 is 1. The molecule has 0 aliphatic heterocycles. The summed E-state index contributed by atoms with van der Waals surface area (Å²) in [5, 5.41) is 3.28. The maximum atomic E-state index is 12.0. The highest BCUT2D eigenvalue weighted by Crippen LogP contribution is 2.30. The molecule has 0 aliphatic carbocycles. The molecule has 0 saturated heterocycles. The van der Waals surface area contributed by atoms with Crippen molar-refractivity contribution in [3.8, 4) is 0 Å². The van der Waals surface area contributed by atoms with Gasteiger partial charge in [-0.2, -0.15) is 13.2 Å². The van der Waals surface area contributed by atoms with Crippen molar-refractivity contribution in [2.75, 3.05) is 40.0 Å². The number of ether oxygens (including phenoxy) is 2. The molecule has 6 heteroatoms. The third-order valence-corrected chi connectivity index (χ3v) is 3.53. The van der Waals surface area contributed by atoms with E-state index in [2.05, 4.69) is 19.2 Å². The van der Waals surface area contributed by atoms with E-state index in [0.29, 0.717) is 13.0 Å². The Morgan fingerprint density at radius 3 is 2.16 bits per heavy atom. The van der Waals surface area contributed by atoms with Crippen molar-refractivity contribution < 1.29 is 22.6 Å². The zero-order valence-electron chi connectivity index (χ0n) is 12.1. The van der Waals surface area contributed by atoms with Gasteiger partial charge < -0.3 is 14.8 Å². The summed E-state index contributed by atoms with van der Waals surface area (Å²) < 4.78 is 45.6. The number of halogens is 3. The fourth-order valence-corrected chi connectivity index (χ4v) is 1.95. The zero-order valence-corrected chi connectivity index (χ0v) is 12.1. The van der Waals surface area contributed by atoms with E-state index in [0.717, 1.165) is 25.9 Å². The van der Waals surface area contributed by atoms with Gasteiger partial charge in [0.05, 0.1) is 6.61 Å². The Kier molecular flexibility index (Phi) is 9.39. The molecule has 0 radical (unpaired) electrons. The molecule has 116 valence electrons. The SMILES string of the molecule is CCC(CC)(CCOCC(F)(F)F)CNCCOC. The van der Waals surface area contributed by atoms with Crippen LogP contribution in [0.15, 0.2) is 0 Å². The molecule has 0 aromatic heterocycles. The van der Waals surface area contributed by atoms with Crippen LogP contribution in [0.2, 0.25) is 0 Å². The van der Waals surface area contributed by atoms with E-state index < -0.39 is 12.8 Å². The van der Waals surface area contributed by atoms with Gasteiger partial charge in [0.15, 0.2) is 0 Å². The molecule has 1 N–H and O–H groups in total. The summed E-state index contributed by atoms with van der Waals surface area (Å²) in [7, 11) is 1.64. The highest BCUT2D eigenvalue weighted by atomic mass is 19.4. The minimum Gasteiger partial charge on any atom is -0.383 e. The minimum atomic E-state index is -4.24. The second kappa shape index (κ2) is 9.55. The van der Waals surface area contributed by atoms with E-state index in [9.17, 15) is 13.2 Å². The Morgan fingerprint density at radius 1 is 1.05 bits per heavy atom. The lowest BCUT2D eigenvalue weighted by Gasteiger charge is -2.32. The second-order valence-corrected chi connectivity index (χ2v) is 4.79.